The van der Waals surface area contributed by atoms with Crippen LogP contribution >= 0.6 is 0 Å². The zero-order valence-electron chi connectivity index (χ0n) is 15.8. The van der Waals surface area contributed by atoms with E-state index < -0.39 is 17.3 Å². The fourth-order valence-electron chi connectivity index (χ4n) is 2.69. The topological polar surface area (TPSA) is 37.3 Å². The van der Waals surface area contributed by atoms with Crippen LogP contribution in [0.2, 0.25) is 0 Å². The van der Waals surface area contributed by atoms with Crippen LogP contribution in [0.5, 0.6) is 0 Å². The average Bonchev–Trinajstić information content (AvgIpc) is 2.51. The Morgan fingerprint density at radius 1 is 1.27 bits per heavy atom. The molecule has 0 radical (unpaired) electrons. The molecule has 0 bridgehead atoms. The van der Waals surface area contributed by atoms with Gasteiger partial charge in [-0.1, -0.05) is 44.0 Å². The predicted molar refractivity (Wildman–Crippen MR) is 97.8 cm³/mol. The van der Waals surface area contributed by atoms with E-state index in [2.05, 4.69) is 6.92 Å². The molecule has 0 saturated carbocycles. The van der Waals surface area contributed by atoms with Crippen LogP contribution in [-0.2, 0) is 17.4 Å². The van der Waals surface area contributed by atoms with Crippen molar-refractivity contribution in [1.82, 2.24) is 0 Å². The van der Waals surface area contributed by atoms with Gasteiger partial charge in [0.2, 0.25) is 0 Å². The van der Waals surface area contributed by atoms with Crippen molar-refractivity contribution < 1.29 is 23.1 Å². The standard InChI is InChI=1S/C21H29F3O2/c1-16(8-6-14-20(2,3)26)7-4-11-19(25)13-12-17-9-5-10-18(15-17)21(22,23)24/h4-5,9-11,15-16,26H,6-8,12-14H2,1-3H3/b11-4+/t16-/m0/s1. The van der Waals surface area contributed by atoms with Crippen molar-refractivity contribution in [3.8, 4) is 0 Å². The first kappa shape index (κ1) is 22.4. The number of carbonyl (C=O) groups excluding carboxylic acids is 1. The SMILES string of the molecule is C[C@@H](C/C=C/C(=O)CCc1cccc(C(F)(F)F)c1)CCCC(C)(C)O. The molecule has 1 rings (SSSR count). The van der Waals surface area contributed by atoms with Crippen molar-refractivity contribution in [2.75, 3.05) is 0 Å². The highest BCUT2D eigenvalue weighted by Crippen LogP contribution is 2.29. The zero-order chi connectivity index (χ0) is 19.8. The molecular formula is C21H29F3O2. The quantitative estimate of drug-likeness (QED) is 0.534. The van der Waals surface area contributed by atoms with Crippen LogP contribution in [0.3, 0.4) is 0 Å². The van der Waals surface area contributed by atoms with Crippen LogP contribution in [0, 0.1) is 5.92 Å². The third-order valence-corrected chi connectivity index (χ3v) is 4.24. The van der Waals surface area contributed by atoms with E-state index in [1.54, 1.807) is 19.9 Å². The maximum atomic E-state index is 12.7. The highest BCUT2D eigenvalue weighted by atomic mass is 19.4. The fourth-order valence-corrected chi connectivity index (χ4v) is 2.69. The van der Waals surface area contributed by atoms with Crippen molar-refractivity contribution >= 4 is 5.78 Å². The third-order valence-electron chi connectivity index (χ3n) is 4.24. The number of rotatable bonds is 10. The number of allylic oxidation sites excluding steroid dienone is 2. The van der Waals surface area contributed by atoms with Gasteiger partial charge >= 0.3 is 6.18 Å². The van der Waals surface area contributed by atoms with Crippen molar-refractivity contribution in [3.05, 3.63) is 47.5 Å². The summed E-state index contributed by atoms with van der Waals surface area (Å²) in [5, 5.41) is 9.67. The molecule has 0 saturated heterocycles. The molecule has 0 unspecified atom stereocenters. The van der Waals surface area contributed by atoms with Gasteiger partial charge in [-0.05, 0) is 56.7 Å². The number of carbonyl (C=O) groups is 1. The molecule has 0 aliphatic rings. The van der Waals surface area contributed by atoms with Crippen molar-refractivity contribution in [2.45, 2.75) is 71.1 Å². The summed E-state index contributed by atoms with van der Waals surface area (Å²) in [6, 6.07) is 5.11. The van der Waals surface area contributed by atoms with Gasteiger partial charge in [0, 0.05) is 6.42 Å². The van der Waals surface area contributed by atoms with Crippen LogP contribution in [0.15, 0.2) is 36.4 Å². The largest absolute Gasteiger partial charge is 0.416 e. The van der Waals surface area contributed by atoms with Gasteiger partial charge in [-0.25, -0.2) is 0 Å². The molecule has 0 aliphatic heterocycles. The third kappa shape index (κ3) is 9.76. The lowest BCUT2D eigenvalue weighted by molar-refractivity contribution is -0.137. The second kappa shape index (κ2) is 9.91. The Hall–Kier alpha value is -1.62. The number of ketones is 1. The molecular weight excluding hydrogens is 341 g/mol. The summed E-state index contributed by atoms with van der Waals surface area (Å²) >= 11 is 0. The molecule has 2 nitrogen and oxygen atoms in total. The summed E-state index contributed by atoms with van der Waals surface area (Å²) in [5.74, 6) is 0.343. The molecule has 1 N–H and O–H groups in total. The molecule has 0 aliphatic carbocycles. The first-order chi connectivity index (χ1) is 12.0. The van der Waals surface area contributed by atoms with Crippen LogP contribution in [-0.4, -0.2) is 16.5 Å². The molecule has 0 spiro atoms. The molecule has 0 amide bonds. The number of benzene rings is 1. The lowest BCUT2D eigenvalue weighted by atomic mass is 9.95. The zero-order valence-corrected chi connectivity index (χ0v) is 15.8. The Morgan fingerprint density at radius 3 is 2.58 bits per heavy atom. The average molecular weight is 370 g/mol. The van der Waals surface area contributed by atoms with Crippen molar-refractivity contribution in [1.29, 1.82) is 0 Å². The number of hydrogen-bond acceptors (Lipinski definition) is 2. The summed E-state index contributed by atoms with van der Waals surface area (Å²) in [7, 11) is 0. The van der Waals surface area contributed by atoms with Gasteiger partial charge in [-0.15, -0.1) is 0 Å². The van der Waals surface area contributed by atoms with Gasteiger partial charge in [-0.3, -0.25) is 4.79 Å². The smallest absolute Gasteiger partial charge is 0.390 e. The maximum Gasteiger partial charge on any atom is 0.416 e. The lowest BCUT2D eigenvalue weighted by Gasteiger charge is -2.17. The van der Waals surface area contributed by atoms with Crippen molar-refractivity contribution in [2.24, 2.45) is 5.92 Å². The number of alkyl halides is 3. The molecule has 1 aromatic rings. The normalized spacial score (nSPS) is 14.0. The molecule has 0 heterocycles. The summed E-state index contributed by atoms with van der Waals surface area (Å²) in [6.45, 7) is 5.68. The van der Waals surface area contributed by atoms with E-state index in [-0.39, 0.29) is 12.2 Å². The monoisotopic (exact) mass is 370 g/mol. The number of aliphatic hydroxyl groups is 1. The van der Waals surface area contributed by atoms with E-state index in [4.69, 9.17) is 0 Å². The molecule has 26 heavy (non-hydrogen) atoms. The molecule has 5 heteroatoms. The molecule has 146 valence electrons. The first-order valence-corrected chi connectivity index (χ1v) is 9.05. The molecule has 1 atom stereocenters. The summed E-state index contributed by atoms with van der Waals surface area (Å²) in [5.41, 5.74) is -0.811. The molecule has 1 aromatic carbocycles. The van der Waals surface area contributed by atoms with Crippen LogP contribution in [0.4, 0.5) is 13.2 Å². The Labute approximate surface area is 154 Å². The van der Waals surface area contributed by atoms with Gasteiger partial charge in [0.15, 0.2) is 5.78 Å². The summed E-state index contributed by atoms with van der Waals surface area (Å²) in [4.78, 5) is 11.9. The first-order valence-electron chi connectivity index (χ1n) is 9.05. The van der Waals surface area contributed by atoms with Gasteiger partial charge in [0.25, 0.3) is 0 Å². The van der Waals surface area contributed by atoms with E-state index in [1.807, 2.05) is 6.08 Å². The van der Waals surface area contributed by atoms with Crippen LogP contribution in [0.25, 0.3) is 0 Å². The lowest BCUT2D eigenvalue weighted by Crippen LogP contribution is -2.18. The Morgan fingerprint density at radius 2 is 1.96 bits per heavy atom. The van der Waals surface area contributed by atoms with E-state index >= 15 is 0 Å². The highest BCUT2D eigenvalue weighted by molar-refractivity contribution is 5.89. The summed E-state index contributed by atoms with van der Waals surface area (Å²) in [6.07, 6.45) is 2.94. The Bertz CT molecular complexity index is 598. The highest BCUT2D eigenvalue weighted by Gasteiger charge is 2.30. The maximum absolute atomic E-state index is 12.7. The van der Waals surface area contributed by atoms with E-state index in [0.717, 1.165) is 37.8 Å². The van der Waals surface area contributed by atoms with Crippen LogP contribution in [0.1, 0.15) is 64.0 Å². The number of aryl methyl sites for hydroxylation is 1. The minimum atomic E-state index is -4.36. The second-order valence-electron chi connectivity index (χ2n) is 7.61. The van der Waals surface area contributed by atoms with Crippen LogP contribution < -0.4 is 0 Å². The van der Waals surface area contributed by atoms with Crippen molar-refractivity contribution in [3.63, 3.8) is 0 Å². The second-order valence-corrected chi connectivity index (χ2v) is 7.61. The van der Waals surface area contributed by atoms with E-state index in [0.29, 0.717) is 17.9 Å². The number of hydrogen-bond donors (Lipinski definition) is 1. The van der Waals surface area contributed by atoms with E-state index in [9.17, 15) is 23.1 Å². The molecule has 0 aromatic heterocycles. The van der Waals surface area contributed by atoms with Gasteiger partial charge < -0.3 is 5.11 Å². The number of halogens is 3. The minimum Gasteiger partial charge on any atom is -0.390 e. The minimum absolute atomic E-state index is 0.0777. The van der Waals surface area contributed by atoms with Gasteiger partial charge in [-0.2, -0.15) is 13.2 Å². The van der Waals surface area contributed by atoms with Gasteiger partial charge in [0.1, 0.15) is 0 Å². The fraction of sp³-hybridized carbons (Fsp3) is 0.571. The Kier molecular flexibility index (Phi) is 8.54. The predicted octanol–water partition coefficient (Wildman–Crippen LogP) is 5.73. The Balaban J connectivity index is 2.35. The van der Waals surface area contributed by atoms with E-state index in [1.165, 1.54) is 12.1 Å². The summed E-state index contributed by atoms with van der Waals surface area (Å²) < 4.78 is 38.0. The molecule has 0 fully saturated rings. The van der Waals surface area contributed by atoms with Gasteiger partial charge in [0.05, 0.1) is 11.2 Å².